The topological polar surface area (TPSA) is 136 Å². The zero-order valence-corrected chi connectivity index (χ0v) is 28.9. The molecule has 0 atom stereocenters. The lowest BCUT2D eigenvalue weighted by Crippen LogP contribution is -2.40. The quantitative estimate of drug-likeness (QED) is 0.165. The highest BCUT2D eigenvalue weighted by Gasteiger charge is 2.29. The van der Waals surface area contributed by atoms with Crippen LogP contribution >= 0.6 is 23.2 Å². The highest BCUT2D eigenvalue weighted by Crippen LogP contribution is 2.39. The molecule has 4 rings (SSSR count). The van der Waals surface area contributed by atoms with E-state index >= 15 is 0 Å². The molecule has 0 unspecified atom stereocenters. The molecule has 248 valence electrons. The van der Waals surface area contributed by atoms with Crippen molar-refractivity contribution in [2.24, 2.45) is 5.92 Å². The molecule has 14 heteroatoms. The van der Waals surface area contributed by atoms with Crippen LogP contribution in [0.3, 0.4) is 0 Å². The summed E-state index contributed by atoms with van der Waals surface area (Å²) in [6, 6.07) is 13.5. The fourth-order valence-corrected chi connectivity index (χ4v) is 6.25. The average molecular weight is 693 g/mol. The van der Waals surface area contributed by atoms with Crippen molar-refractivity contribution in [3.05, 3.63) is 69.9 Å². The van der Waals surface area contributed by atoms with E-state index in [4.69, 9.17) is 42.1 Å². The summed E-state index contributed by atoms with van der Waals surface area (Å²) in [5.41, 5.74) is 2.42. The number of rotatable bonds is 14. The number of aromatic nitrogens is 2. The SMILES string of the molecule is COC(OC)C1CCN(c2nc(NS(C)(=O)=O)ncc2COc2ccc(C(C)(C)c3cc(Cl)c(OCCCl)c(C#N)c3)cc2)CC1. The molecule has 11 nitrogen and oxygen atoms in total. The van der Waals surface area contributed by atoms with Gasteiger partial charge in [0.25, 0.3) is 0 Å². The maximum absolute atomic E-state index is 11.9. The van der Waals surface area contributed by atoms with Crippen LogP contribution in [0.25, 0.3) is 0 Å². The van der Waals surface area contributed by atoms with Crippen molar-refractivity contribution in [3.8, 4) is 17.6 Å². The van der Waals surface area contributed by atoms with Crippen molar-refractivity contribution in [1.29, 1.82) is 5.26 Å². The van der Waals surface area contributed by atoms with Crippen LogP contribution in [0.4, 0.5) is 11.8 Å². The van der Waals surface area contributed by atoms with E-state index < -0.39 is 15.4 Å². The molecule has 1 saturated heterocycles. The van der Waals surface area contributed by atoms with Crippen molar-refractivity contribution >= 4 is 45.0 Å². The molecule has 3 aromatic rings. The molecule has 0 spiro atoms. The second kappa shape index (κ2) is 15.5. The van der Waals surface area contributed by atoms with Crippen LogP contribution in [0.2, 0.25) is 5.02 Å². The molecule has 2 aromatic carbocycles. The van der Waals surface area contributed by atoms with Crippen LogP contribution in [0, 0.1) is 17.2 Å². The largest absolute Gasteiger partial charge is 0.489 e. The van der Waals surface area contributed by atoms with Gasteiger partial charge in [0, 0.05) is 44.8 Å². The number of piperidine rings is 1. The van der Waals surface area contributed by atoms with E-state index in [2.05, 4.69) is 39.5 Å². The molecule has 1 aliphatic heterocycles. The first-order chi connectivity index (χ1) is 21.9. The molecule has 1 aliphatic rings. The Hall–Kier alpha value is -3.34. The molecule has 0 aliphatic carbocycles. The molecule has 0 saturated carbocycles. The van der Waals surface area contributed by atoms with Gasteiger partial charge in [-0.3, -0.25) is 4.72 Å². The Morgan fingerprint density at radius 1 is 1.11 bits per heavy atom. The van der Waals surface area contributed by atoms with Gasteiger partial charge in [-0.25, -0.2) is 13.4 Å². The van der Waals surface area contributed by atoms with E-state index in [1.165, 1.54) is 0 Å². The molecule has 0 radical (unpaired) electrons. The monoisotopic (exact) mass is 691 g/mol. The third-order valence-electron chi connectivity index (χ3n) is 7.99. The molecule has 46 heavy (non-hydrogen) atoms. The van der Waals surface area contributed by atoms with E-state index in [-0.39, 0.29) is 37.3 Å². The van der Waals surface area contributed by atoms with Crippen LogP contribution in [0.15, 0.2) is 42.6 Å². The molecule has 1 aromatic heterocycles. The van der Waals surface area contributed by atoms with Gasteiger partial charge in [-0.1, -0.05) is 37.6 Å². The van der Waals surface area contributed by atoms with Gasteiger partial charge in [0.1, 0.15) is 30.9 Å². The first-order valence-electron chi connectivity index (χ1n) is 14.7. The Kier molecular flexibility index (Phi) is 12.0. The van der Waals surface area contributed by atoms with Gasteiger partial charge in [-0.15, -0.1) is 11.6 Å². The molecule has 2 heterocycles. The van der Waals surface area contributed by atoms with E-state index in [1.807, 2.05) is 30.3 Å². The predicted molar refractivity (Wildman–Crippen MR) is 179 cm³/mol. The maximum Gasteiger partial charge on any atom is 0.238 e. The zero-order valence-electron chi connectivity index (χ0n) is 26.5. The molecule has 1 fully saturated rings. The number of sulfonamides is 1. The lowest BCUT2D eigenvalue weighted by Gasteiger charge is -2.36. The first-order valence-corrected chi connectivity index (χ1v) is 17.5. The smallest absolute Gasteiger partial charge is 0.238 e. The summed E-state index contributed by atoms with van der Waals surface area (Å²) in [6.45, 7) is 5.87. The van der Waals surface area contributed by atoms with Crippen molar-refractivity contribution in [2.75, 3.05) is 55.7 Å². The summed E-state index contributed by atoms with van der Waals surface area (Å²) in [4.78, 5) is 10.9. The number of hydrogen-bond donors (Lipinski definition) is 1. The minimum Gasteiger partial charge on any atom is -0.489 e. The third kappa shape index (κ3) is 8.72. The predicted octanol–water partition coefficient (Wildman–Crippen LogP) is 5.73. The number of alkyl halides is 1. The van der Waals surface area contributed by atoms with E-state index in [9.17, 15) is 13.7 Å². The molecule has 0 amide bonds. The van der Waals surface area contributed by atoms with Gasteiger partial charge in [0.2, 0.25) is 16.0 Å². The highest BCUT2D eigenvalue weighted by atomic mass is 35.5. The Labute approximate surface area is 280 Å². The van der Waals surface area contributed by atoms with Gasteiger partial charge in [0.05, 0.1) is 28.3 Å². The van der Waals surface area contributed by atoms with Crippen molar-refractivity contribution in [2.45, 2.75) is 45.0 Å². The van der Waals surface area contributed by atoms with Crippen molar-refractivity contribution in [3.63, 3.8) is 0 Å². The maximum atomic E-state index is 11.9. The summed E-state index contributed by atoms with van der Waals surface area (Å²) in [7, 11) is -0.294. The van der Waals surface area contributed by atoms with Crippen LogP contribution < -0.4 is 19.1 Å². The Morgan fingerprint density at radius 3 is 2.37 bits per heavy atom. The fourth-order valence-electron chi connectivity index (χ4n) is 5.47. The van der Waals surface area contributed by atoms with Gasteiger partial charge in [-0.05, 0) is 48.2 Å². The zero-order chi connectivity index (χ0) is 33.5. The second-order valence-electron chi connectivity index (χ2n) is 11.5. The minimum absolute atomic E-state index is 0.0000748. The van der Waals surface area contributed by atoms with Crippen molar-refractivity contribution in [1.82, 2.24) is 9.97 Å². The summed E-state index contributed by atoms with van der Waals surface area (Å²) in [5, 5.41) is 10.1. The third-order valence-corrected chi connectivity index (χ3v) is 8.98. The van der Waals surface area contributed by atoms with Crippen LogP contribution in [0.1, 0.15) is 48.9 Å². The van der Waals surface area contributed by atoms with Gasteiger partial charge in [0.15, 0.2) is 12.0 Å². The summed E-state index contributed by atoms with van der Waals surface area (Å²) >= 11 is 12.3. The lowest BCUT2D eigenvalue weighted by atomic mass is 9.77. The Morgan fingerprint density at radius 2 is 1.78 bits per heavy atom. The normalized spacial score (nSPS) is 14.3. The number of halogens is 2. The first kappa shape index (κ1) is 35.5. The molecular weight excluding hydrogens is 653 g/mol. The number of nitrogens with zero attached hydrogens (tertiary/aromatic N) is 4. The standard InChI is InChI=1S/C32H39Cl2N5O6S/c1-32(2,25-16-22(18-35)28(27(34)17-25)44-15-12-33)24-6-8-26(9-7-24)45-20-23-19-36-31(38-46(5,40)41)37-29(23)39-13-10-21(11-14-39)30(42-3)43-4/h6-9,16-17,19,21,30H,10-15,20H2,1-5H3,(H,36,37,38). The van der Waals surface area contributed by atoms with E-state index in [0.717, 1.165) is 30.2 Å². The number of nitriles is 1. The molecular formula is C32H39Cl2N5O6S. The number of benzene rings is 2. The lowest BCUT2D eigenvalue weighted by molar-refractivity contribution is -0.141. The number of anilines is 2. The highest BCUT2D eigenvalue weighted by molar-refractivity contribution is 7.91. The summed E-state index contributed by atoms with van der Waals surface area (Å²) < 4.78 is 48.8. The van der Waals surface area contributed by atoms with Crippen molar-refractivity contribution < 1.29 is 27.4 Å². The van der Waals surface area contributed by atoms with Gasteiger partial charge in [-0.2, -0.15) is 10.2 Å². The van der Waals surface area contributed by atoms with Crippen LogP contribution in [-0.4, -0.2) is 70.7 Å². The second-order valence-corrected chi connectivity index (χ2v) is 14.0. The van der Waals surface area contributed by atoms with E-state index in [0.29, 0.717) is 46.6 Å². The number of methoxy groups -OCH3 is 2. The Bertz CT molecular complexity index is 1640. The van der Waals surface area contributed by atoms with E-state index in [1.54, 1.807) is 26.5 Å². The number of hydrogen-bond acceptors (Lipinski definition) is 10. The summed E-state index contributed by atoms with van der Waals surface area (Å²) in [6.07, 6.45) is 3.98. The summed E-state index contributed by atoms with van der Waals surface area (Å²) in [5.74, 6) is 2.08. The number of ether oxygens (including phenoxy) is 4. The molecule has 1 N–H and O–H groups in total. The fraction of sp³-hybridized carbons (Fsp3) is 0.469. The van der Waals surface area contributed by atoms with Gasteiger partial charge < -0.3 is 23.8 Å². The number of nitrogens with one attached hydrogen (secondary N) is 1. The Balaban J connectivity index is 1.52. The van der Waals surface area contributed by atoms with Crippen LogP contribution in [-0.2, 0) is 31.5 Å². The average Bonchev–Trinajstić information content (AvgIpc) is 3.03. The van der Waals surface area contributed by atoms with Crippen LogP contribution in [0.5, 0.6) is 11.5 Å². The minimum atomic E-state index is -3.56. The van der Waals surface area contributed by atoms with Gasteiger partial charge >= 0.3 is 0 Å². The molecule has 0 bridgehead atoms.